The van der Waals surface area contributed by atoms with Crippen molar-refractivity contribution < 1.29 is 22.4 Å². The monoisotopic (exact) mass is 515 g/mol. The van der Waals surface area contributed by atoms with Gasteiger partial charge in [-0.15, -0.1) is 0 Å². The second kappa shape index (κ2) is 8.87. The second-order valence-corrected chi connectivity index (χ2v) is 8.57. The number of nitrogens with zero attached hydrogens (tertiary/aromatic N) is 3. The lowest BCUT2D eigenvalue weighted by atomic mass is 10.1. The van der Waals surface area contributed by atoms with Crippen molar-refractivity contribution in [2.24, 2.45) is 0 Å². The summed E-state index contributed by atoms with van der Waals surface area (Å²) in [7, 11) is 0. The van der Waals surface area contributed by atoms with E-state index in [1.54, 1.807) is 42.6 Å². The van der Waals surface area contributed by atoms with Crippen LogP contribution in [0.25, 0.3) is 22.2 Å². The Hall–Kier alpha value is -3.62. The minimum Gasteiger partial charge on any atom is -0.433 e. The number of benzene rings is 2. The molecule has 3 heterocycles. The molecule has 0 aliphatic rings. The summed E-state index contributed by atoms with van der Waals surface area (Å²) in [5, 5.41) is 0.690. The highest BCUT2D eigenvalue weighted by molar-refractivity contribution is 6.32. The molecule has 0 aliphatic heterocycles. The first-order valence-corrected chi connectivity index (χ1v) is 11.0. The van der Waals surface area contributed by atoms with Crippen molar-refractivity contribution in [2.75, 3.05) is 0 Å². The zero-order valence-corrected chi connectivity index (χ0v) is 19.2. The summed E-state index contributed by atoms with van der Waals surface area (Å²) < 4.78 is 50.0. The van der Waals surface area contributed by atoms with Crippen LogP contribution in [-0.2, 0) is 12.7 Å². The average molecular weight is 516 g/mol. The highest BCUT2D eigenvalue weighted by Gasteiger charge is 2.42. The predicted octanol–water partition coefficient (Wildman–Crippen LogP) is 7.30. The van der Waals surface area contributed by atoms with Crippen molar-refractivity contribution in [3.05, 3.63) is 106 Å². The van der Waals surface area contributed by atoms with E-state index in [4.69, 9.17) is 27.6 Å². The highest BCUT2D eigenvalue weighted by Crippen LogP contribution is 2.40. The Bertz CT molecular complexity index is 1540. The molecule has 0 fully saturated rings. The van der Waals surface area contributed by atoms with Crippen LogP contribution in [0.2, 0.25) is 10.0 Å². The molecule has 5 rings (SSSR count). The van der Waals surface area contributed by atoms with E-state index in [2.05, 4.69) is 9.97 Å². The average Bonchev–Trinajstić information content (AvgIpc) is 3.44. The van der Waals surface area contributed by atoms with Gasteiger partial charge in [-0.25, -0.2) is 4.98 Å². The summed E-state index contributed by atoms with van der Waals surface area (Å²) >= 11 is 12.0. The standard InChI is InChI=1S/C25H14Cl2F3N3O2/c26-16-5-3-14(4-6-16)13-33-19-8-7-17(27)10-18(19)21(23(33)25(28,29)30)22(34)24-32-12-20(35-24)15-2-1-9-31-11-15/h1-12H,13H2. The molecule has 0 saturated heterocycles. The molecular formula is C25H14Cl2F3N3O2. The maximum Gasteiger partial charge on any atom is 0.432 e. The number of rotatable bonds is 5. The summed E-state index contributed by atoms with van der Waals surface area (Å²) in [5.74, 6) is -1.27. The van der Waals surface area contributed by atoms with Gasteiger partial charge in [0.2, 0.25) is 0 Å². The number of carbonyl (C=O) groups is 1. The van der Waals surface area contributed by atoms with E-state index in [-0.39, 0.29) is 28.2 Å². The van der Waals surface area contributed by atoms with Gasteiger partial charge < -0.3 is 8.98 Å². The Morgan fingerprint density at radius 2 is 1.74 bits per heavy atom. The molecule has 2 aromatic carbocycles. The van der Waals surface area contributed by atoms with E-state index in [0.717, 1.165) is 4.57 Å². The fraction of sp³-hybridized carbons (Fsp3) is 0.0800. The van der Waals surface area contributed by atoms with Crippen molar-refractivity contribution in [2.45, 2.75) is 12.7 Å². The number of halogens is 5. The molecule has 0 atom stereocenters. The third-order valence-electron chi connectivity index (χ3n) is 5.42. The van der Waals surface area contributed by atoms with Crippen LogP contribution >= 0.6 is 23.2 Å². The van der Waals surface area contributed by atoms with Crippen molar-refractivity contribution in [1.29, 1.82) is 0 Å². The van der Waals surface area contributed by atoms with Gasteiger partial charge in [0.1, 0.15) is 5.69 Å². The largest absolute Gasteiger partial charge is 0.433 e. The molecular weight excluding hydrogens is 502 g/mol. The van der Waals surface area contributed by atoms with E-state index in [0.29, 0.717) is 16.1 Å². The third-order valence-corrected chi connectivity index (χ3v) is 5.91. The summed E-state index contributed by atoms with van der Waals surface area (Å²) in [4.78, 5) is 21.4. The van der Waals surface area contributed by atoms with Gasteiger partial charge in [0.15, 0.2) is 5.76 Å². The highest BCUT2D eigenvalue weighted by atomic mass is 35.5. The van der Waals surface area contributed by atoms with Crippen LogP contribution in [0, 0.1) is 0 Å². The first kappa shape index (κ1) is 23.1. The Kier molecular flexibility index (Phi) is 5.86. The van der Waals surface area contributed by atoms with Crippen LogP contribution in [0.5, 0.6) is 0 Å². The lowest BCUT2D eigenvalue weighted by Gasteiger charge is -2.14. The number of fused-ring (bicyclic) bond motifs is 1. The summed E-state index contributed by atoms with van der Waals surface area (Å²) in [5.41, 5.74) is -0.400. The SMILES string of the molecule is O=C(c1ncc(-c2cccnc2)o1)c1c(C(F)(F)F)n(Cc2ccc(Cl)cc2)c2ccc(Cl)cc12. The lowest BCUT2D eigenvalue weighted by Crippen LogP contribution is -2.18. The first-order valence-electron chi connectivity index (χ1n) is 10.3. The Morgan fingerprint density at radius 3 is 2.43 bits per heavy atom. The Morgan fingerprint density at radius 1 is 1.00 bits per heavy atom. The summed E-state index contributed by atoms with van der Waals surface area (Å²) in [6.45, 7) is -0.149. The number of hydrogen-bond donors (Lipinski definition) is 0. The van der Waals surface area contributed by atoms with E-state index in [1.807, 2.05) is 0 Å². The minimum absolute atomic E-state index is 0.0462. The molecule has 5 aromatic rings. The lowest BCUT2D eigenvalue weighted by molar-refractivity contribution is -0.143. The van der Waals surface area contributed by atoms with Crippen LogP contribution in [-0.4, -0.2) is 20.3 Å². The van der Waals surface area contributed by atoms with Gasteiger partial charge in [-0.2, -0.15) is 13.2 Å². The molecule has 176 valence electrons. The van der Waals surface area contributed by atoms with E-state index in [9.17, 15) is 18.0 Å². The Balaban J connectivity index is 1.70. The molecule has 0 N–H and O–H groups in total. The number of hydrogen-bond acceptors (Lipinski definition) is 4. The minimum atomic E-state index is -4.86. The van der Waals surface area contributed by atoms with Gasteiger partial charge in [-0.05, 0) is 48.0 Å². The topological polar surface area (TPSA) is 60.9 Å². The number of pyridine rings is 1. The third kappa shape index (κ3) is 4.42. The molecule has 0 bridgehead atoms. The van der Waals surface area contributed by atoms with Crippen LogP contribution in [0.1, 0.15) is 27.5 Å². The fourth-order valence-electron chi connectivity index (χ4n) is 3.92. The summed E-state index contributed by atoms with van der Waals surface area (Å²) in [6, 6.07) is 14.0. The van der Waals surface area contributed by atoms with Crippen molar-refractivity contribution in [1.82, 2.24) is 14.5 Å². The molecule has 3 aromatic heterocycles. The van der Waals surface area contributed by atoms with Crippen LogP contribution < -0.4 is 0 Å². The normalized spacial score (nSPS) is 11.8. The molecule has 0 radical (unpaired) electrons. The fourth-order valence-corrected chi connectivity index (χ4v) is 4.21. The molecule has 0 aliphatic carbocycles. The maximum atomic E-state index is 14.5. The van der Waals surface area contributed by atoms with Crippen LogP contribution in [0.15, 0.2) is 77.6 Å². The number of aromatic nitrogens is 3. The molecule has 10 heteroatoms. The van der Waals surface area contributed by atoms with E-state index >= 15 is 0 Å². The first-order chi connectivity index (χ1) is 16.7. The van der Waals surface area contributed by atoms with Crippen molar-refractivity contribution in [3.63, 3.8) is 0 Å². The van der Waals surface area contributed by atoms with E-state index < -0.39 is 29.1 Å². The van der Waals surface area contributed by atoms with Gasteiger partial charge in [0.25, 0.3) is 11.7 Å². The number of carbonyl (C=O) groups excluding carboxylic acids is 1. The van der Waals surface area contributed by atoms with Crippen LogP contribution in [0.3, 0.4) is 0 Å². The molecule has 0 unspecified atom stereocenters. The number of alkyl halides is 3. The van der Waals surface area contributed by atoms with Crippen LogP contribution in [0.4, 0.5) is 13.2 Å². The van der Waals surface area contributed by atoms with Gasteiger partial charge in [-0.3, -0.25) is 9.78 Å². The molecule has 35 heavy (non-hydrogen) atoms. The van der Waals surface area contributed by atoms with Gasteiger partial charge in [-0.1, -0.05) is 35.3 Å². The van der Waals surface area contributed by atoms with Gasteiger partial charge in [0.05, 0.1) is 11.8 Å². The molecule has 5 nitrogen and oxygen atoms in total. The molecule has 0 spiro atoms. The van der Waals surface area contributed by atoms with Crippen molar-refractivity contribution >= 4 is 39.9 Å². The Labute approximate surface area is 206 Å². The van der Waals surface area contributed by atoms with Gasteiger partial charge >= 0.3 is 6.18 Å². The number of ketones is 1. The quantitative estimate of drug-likeness (QED) is 0.230. The predicted molar refractivity (Wildman–Crippen MR) is 126 cm³/mol. The molecule has 0 saturated carbocycles. The molecule has 0 amide bonds. The second-order valence-electron chi connectivity index (χ2n) is 7.70. The maximum absolute atomic E-state index is 14.5. The zero-order valence-electron chi connectivity index (χ0n) is 17.7. The smallest absolute Gasteiger partial charge is 0.432 e. The zero-order chi connectivity index (χ0) is 24.7. The summed E-state index contributed by atoms with van der Waals surface area (Å²) in [6.07, 6.45) is -0.534. The number of oxazole rings is 1. The van der Waals surface area contributed by atoms with Gasteiger partial charge in [0, 0.05) is 45.5 Å². The van der Waals surface area contributed by atoms with Crippen molar-refractivity contribution in [3.8, 4) is 11.3 Å². The van der Waals surface area contributed by atoms with E-state index in [1.165, 1.54) is 30.6 Å².